The van der Waals surface area contributed by atoms with Gasteiger partial charge in [0.05, 0.1) is 10.8 Å². The summed E-state index contributed by atoms with van der Waals surface area (Å²) in [5, 5.41) is 0. The molecule has 1 aromatic carbocycles. The van der Waals surface area contributed by atoms with Crippen LogP contribution in [0, 0.1) is 5.82 Å². The van der Waals surface area contributed by atoms with Crippen molar-refractivity contribution in [2.24, 2.45) is 0 Å². The second kappa shape index (κ2) is 4.89. The van der Waals surface area contributed by atoms with Crippen LogP contribution in [0.4, 0.5) is 10.1 Å². The maximum atomic E-state index is 12.8. The fourth-order valence-electron chi connectivity index (χ4n) is 1.64. The summed E-state index contributed by atoms with van der Waals surface area (Å²) in [5.41, 5.74) is 0.553. The molecule has 1 heterocycles. The molecule has 0 aliphatic carbocycles. The number of carbonyl (C=O) groups excluding carboxylic acids is 1. The minimum atomic E-state index is -1.35. The summed E-state index contributed by atoms with van der Waals surface area (Å²) in [7, 11) is 2.18. The van der Waals surface area contributed by atoms with Crippen LogP contribution < -0.4 is 4.90 Å². The minimum Gasteiger partial charge on any atom is -0.382 e. The minimum absolute atomic E-state index is 0.115. The van der Waals surface area contributed by atoms with Crippen LogP contribution in [-0.4, -0.2) is 35.0 Å². The van der Waals surface area contributed by atoms with Gasteiger partial charge in [0, 0.05) is 26.0 Å². The maximum Gasteiger partial charge on any atom is 0.269 e. The van der Waals surface area contributed by atoms with Gasteiger partial charge in [-0.15, -0.1) is 0 Å². The SMILES string of the molecule is CN(C)/C=C1\C(=O)N(c2ccc(F)cc2)C[S@@]1=O. The first-order valence-electron chi connectivity index (χ1n) is 5.33. The van der Waals surface area contributed by atoms with Gasteiger partial charge in [-0.05, 0) is 24.3 Å². The summed E-state index contributed by atoms with van der Waals surface area (Å²) in [6.45, 7) is 0. The molecule has 4 nitrogen and oxygen atoms in total. The molecule has 96 valence electrons. The van der Waals surface area contributed by atoms with Gasteiger partial charge in [0.15, 0.2) is 0 Å². The number of benzene rings is 1. The van der Waals surface area contributed by atoms with Gasteiger partial charge in [0.25, 0.3) is 5.91 Å². The Bertz CT molecular complexity index is 525. The number of rotatable bonds is 2. The van der Waals surface area contributed by atoms with Gasteiger partial charge in [-0.1, -0.05) is 0 Å². The van der Waals surface area contributed by atoms with Crippen LogP contribution in [0.2, 0.25) is 0 Å². The Morgan fingerprint density at radius 2 is 1.94 bits per heavy atom. The van der Waals surface area contributed by atoms with Gasteiger partial charge in [-0.2, -0.15) is 0 Å². The third-order valence-electron chi connectivity index (χ3n) is 2.46. The summed E-state index contributed by atoms with van der Waals surface area (Å²) in [6.07, 6.45) is 1.56. The average Bonchev–Trinajstić information content (AvgIpc) is 2.58. The fourth-order valence-corrected chi connectivity index (χ4v) is 2.91. The highest BCUT2D eigenvalue weighted by Crippen LogP contribution is 2.25. The molecular weight excluding hydrogens is 255 g/mol. The molecule has 18 heavy (non-hydrogen) atoms. The lowest BCUT2D eigenvalue weighted by atomic mass is 10.3. The van der Waals surface area contributed by atoms with Gasteiger partial charge < -0.3 is 4.90 Å². The zero-order valence-corrected chi connectivity index (χ0v) is 10.9. The predicted molar refractivity (Wildman–Crippen MR) is 68.7 cm³/mol. The zero-order chi connectivity index (χ0) is 13.3. The van der Waals surface area contributed by atoms with E-state index in [4.69, 9.17) is 0 Å². The van der Waals surface area contributed by atoms with Gasteiger partial charge in [-0.3, -0.25) is 13.9 Å². The third kappa shape index (κ3) is 2.43. The Balaban J connectivity index is 2.31. The highest BCUT2D eigenvalue weighted by atomic mass is 32.2. The number of hydrogen-bond acceptors (Lipinski definition) is 3. The van der Waals surface area contributed by atoms with Crippen LogP contribution in [0.5, 0.6) is 0 Å². The first kappa shape index (κ1) is 12.8. The van der Waals surface area contributed by atoms with Crippen molar-refractivity contribution < 1.29 is 13.4 Å². The Kier molecular flexibility index (Phi) is 3.47. The summed E-state index contributed by atoms with van der Waals surface area (Å²) in [4.78, 5) is 15.4. The Morgan fingerprint density at radius 3 is 2.50 bits per heavy atom. The Hall–Kier alpha value is -1.69. The van der Waals surface area contributed by atoms with Crippen LogP contribution in [0.1, 0.15) is 0 Å². The van der Waals surface area contributed by atoms with Crippen molar-refractivity contribution in [2.75, 3.05) is 24.9 Å². The Morgan fingerprint density at radius 1 is 1.33 bits per heavy atom. The number of halogens is 1. The molecule has 0 bridgehead atoms. The van der Waals surface area contributed by atoms with E-state index in [0.29, 0.717) is 5.69 Å². The van der Waals surface area contributed by atoms with E-state index in [1.807, 2.05) is 0 Å². The lowest BCUT2D eigenvalue weighted by molar-refractivity contribution is -0.114. The summed E-state index contributed by atoms with van der Waals surface area (Å²) < 4.78 is 24.7. The molecule has 1 saturated heterocycles. The monoisotopic (exact) mass is 268 g/mol. The summed E-state index contributed by atoms with van der Waals surface area (Å²) >= 11 is 0. The van der Waals surface area contributed by atoms with Crippen molar-refractivity contribution in [1.29, 1.82) is 0 Å². The largest absolute Gasteiger partial charge is 0.382 e. The number of amides is 1. The van der Waals surface area contributed by atoms with E-state index in [9.17, 15) is 13.4 Å². The molecule has 1 amide bonds. The number of hydrogen-bond donors (Lipinski definition) is 0. The van der Waals surface area contributed by atoms with Crippen molar-refractivity contribution in [3.05, 3.63) is 41.2 Å². The van der Waals surface area contributed by atoms with E-state index < -0.39 is 10.8 Å². The molecule has 1 aliphatic rings. The molecule has 0 radical (unpaired) electrons. The fraction of sp³-hybridized carbons (Fsp3) is 0.250. The van der Waals surface area contributed by atoms with Crippen molar-refractivity contribution in [1.82, 2.24) is 4.90 Å². The molecule has 0 unspecified atom stereocenters. The number of carbonyl (C=O) groups is 1. The molecule has 0 aromatic heterocycles. The summed E-state index contributed by atoms with van der Waals surface area (Å²) in [6, 6.07) is 5.56. The molecule has 2 rings (SSSR count). The topological polar surface area (TPSA) is 40.6 Å². The molecule has 1 atom stereocenters. The highest BCUT2D eigenvalue weighted by Gasteiger charge is 2.33. The number of anilines is 1. The van der Waals surface area contributed by atoms with E-state index in [1.54, 1.807) is 25.2 Å². The molecular formula is C12H13FN2O2S. The standard InChI is InChI=1S/C12H13FN2O2S/c1-14(2)7-11-12(16)15(8-18(11)17)10-5-3-9(13)4-6-10/h3-7H,8H2,1-2H3/b11-7+/t18-/m0/s1. The highest BCUT2D eigenvalue weighted by molar-refractivity contribution is 7.90. The van der Waals surface area contributed by atoms with Gasteiger partial charge in [0.1, 0.15) is 16.6 Å². The van der Waals surface area contributed by atoms with Crippen molar-refractivity contribution in [3.8, 4) is 0 Å². The summed E-state index contributed by atoms with van der Waals surface area (Å²) in [5.74, 6) is -0.548. The van der Waals surface area contributed by atoms with Crippen LogP contribution in [0.15, 0.2) is 35.4 Å². The molecule has 1 fully saturated rings. The third-order valence-corrected chi connectivity index (χ3v) is 3.72. The second-order valence-corrected chi connectivity index (χ2v) is 5.53. The predicted octanol–water partition coefficient (Wildman–Crippen LogP) is 1.28. The van der Waals surface area contributed by atoms with Crippen LogP contribution in [-0.2, 0) is 15.6 Å². The second-order valence-electron chi connectivity index (χ2n) is 4.14. The molecule has 0 N–H and O–H groups in total. The van der Waals surface area contributed by atoms with Crippen LogP contribution in [0.3, 0.4) is 0 Å². The lowest BCUT2D eigenvalue weighted by Crippen LogP contribution is -2.24. The van der Waals surface area contributed by atoms with Crippen molar-refractivity contribution in [3.63, 3.8) is 0 Å². The molecule has 1 aromatic rings. The van der Waals surface area contributed by atoms with E-state index >= 15 is 0 Å². The normalized spacial score (nSPS) is 21.7. The molecule has 1 aliphatic heterocycles. The van der Waals surface area contributed by atoms with E-state index in [2.05, 4.69) is 0 Å². The average molecular weight is 268 g/mol. The quantitative estimate of drug-likeness (QED) is 0.759. The molecule has 6 heteroatoms. The van der Waals surface area contributed by atoms with E-state index in [1.165, 1.54) is 29.2 Å². The lowest BCUT2D eigenvalue weighted by Gasteiger charge is -2.13. The number of nitrogens with zero attached hydrogens (tertiary/aromatic N) is 2. The zero-order valence-electron chi connectivity index (χ0n) is 10.1. The van der Waals surface area contributed by atoms with Crippen LogP contribution >= 0.6 is 0 Å². The molecule has 0 saturated carbocycles. The van der Waals surface area contributed by atoms with Crippen LogP contribution in [0.25, 0.3) is 0 Å². The maximum absolute atomic E-state index is 12.8. The Labute approximate surface area is 107 Å². The van der Waals surface area contributed by atoms with E-state index in [-0.39, 0.29) is 22.5 Å². The molecule has 0 spiro atoms. The first-order valence-corrected chi connectivity index (χ1v) is 6.65. The van der Waals surface area contributed by atoms with Gasteiger partial charge in [0.2, 0.25) is 0 Å². The van der Waals surface area contributed by atoms with Crippen molar-refractivity contribution >= 4 is 22.4 Å². The van der Waals surface area contributed by atoms with Gasteiger partial charge in [-0.25, -0.2) is 4.39 Å². The smallest absolute Gasteiger partial charge is 0.269 e. The van der Waals surface area contributed by atoms with Crippen molar-refractivity contribution in [2.45, 2.75) is 0 Å². The van der Waals surface area contributed by atoms with Gasteiger partial charge >= 0.3 is 0 Å². The first-order chi connectivity index (χ1) is 8.49. The van der Waals surface area contributed by atoms with E-state index in [0.717, 1.165) is 0 Å².